The van der Waals surface area contributed by atoms with Crippen LogP contribution in [0, 0.1) is 5.92 Å². The van der Waals surface area contributed by atoms with E-state index in [4.69, 9.17) is 0 Å². The van der Waals surface area contributed by atoms with Crippen molar-refractivity contribution >= 4 is 5.91 Å². The van der Waals surface area contributed by atoms with Crippen molar-refractivity contribution in [1.29, 1.82) is 0 Å². The fourth-order valence-corrected chi connectivity index (χ4v) is 2.71. The first-order valence-electron chi connectivity index (χ1n) is 7.06. The molecular formula is C16H27NO. The van der Waals surface area contributed by atoms with Gasteiger partial charge < -0.3 is 4.90 Å². The lowest BCUT2D eigenvalue weighted by molar-refractivity contribution is -0.124. The molecule has 1 unspecified atom stereocenters. The lowest BCUT2D eigenvalue weighted by Crippen LogP contribution is -2.23. The van der Waals surface area contributed by atoms with Crippen LogP contribution in [-0.4, -0.2) is 24.9 Å². The lowest BCUT2D eigenvalue weighted by Gasteiger charge is -2.26. The summed E-state index contributed by atoms with van der Waals surface area (Å²) in [5.74, 6) is 0.622. The van der Waals surface area contributed by atoms with Crippen molar-refractivity contribution in [2.24, 2.45) is 5.92 Å². The normalized spacial score (nSPS) is 23.8. The van der Waals surface area contributed by atoms with Crippen LogP contribution in [0.1, 0.15) is 52.9 Å². The van der Waals surface area contributed by atoms with Gasteiger partial charge in [0.25, 0.3) is 0 Å². The van der Waals surface area contributed by atoms with Crippen molar-refractivity contribution < 1.29 is 4.79 Å². The molecular weight excluding hydrogens is 222 g/mol. The molecule has 0 saturated heterocycles. The van der Waals surface area contributed by atoms with E-state index in [9.17, 15) is 4.79 Å². The summed E-state index contributed by atoms with van der Waals surface area (Å²) in [5, 5.41) is 0. The van der Waals surface area contributed by atoms with Crippen LogP contribution in [0.3, 0.4) is 0 Å². The van der Waals surface area contributed by atoms with Crippen LogP contribution in [0.2, 0.25) is 0 Å². The highest BCUT2D eigenvalue weighted by Crippen LogP contribution is 2.34. The van der Waals surface area contributed by atoms with Crippen LogP contribution in [0.4, 0.5) is 0 Å². The maximum absolute atomic E-state index is 11.9. The molecule has 0 spiro atoms. The fourth-order valence-electron chi connectivity index (χ4n) is 2.71. The number of likely N-dealkylation sites (N-methyl/N-ethyl adjacent to an activating group) is 1. The van der Waals surface area contributed by atoms with Crippen molar-refractivity contribution in [2.45, 2.75) is 52.9 Å². The number of nitrogens with zero attached hydrogens (tertiary/aromatic N) is 1. The summed E-state index contributed by atoms with van der Waals surface area (Å²) in [4.78, 5) is 13.6. The van der Waals surface area contributed by atoms with Gasteiger partial charge in [-0.1, -0.05) is 30.6 Å². The van der Waals surface area contributed by atoms with Gasteiger partial charge in [0.05, 0.1) is 0 Å². The van der Waals surface area contributed by atoms with Crippen LogP contribution in [0.25, 0.3) is 0 Å². The molecule has 0 aromatic carbocycles. The molecule has 1 rings (SSSR count). The molecule has 18 heavy (non-hydrogen) atoms. The average Bonchev–Trinajstić information content (AvgIpc) is 2.37. The van der Waals surface area contributed by atoms with Crippen molar-refractivity contribution in [3.63, 3.8) is 0 Å². The molecule has 0 radical (unpaired) electrons. The van der Waals surface area contributed by atoms with Crippen molar-refractivity contribution in [2.75, 3.05) is 14.1 Å². The maximum atomic E-state index is 11.9. The molecule has 1 amide bonds. The van der Waals surface area contributed by atoms with E-state index in [1.165, 1.54) is 31.3 Å². The van der Waals surface area contributed by atoms with Gasteiger partial charge in [-0.3, -0.25) is 4.79 Å². The number of amides is 1. The first-order chi connectivity index (χ1) is 8.47. The quantitative estimate of drug-likeness (QED) is 0.548. The Morgan fingerprint density at radius 3 is 2.56 bits per heavy atom. The molecule has 0 N–H and O–H groups in total. The van der Waals surface area contributed by atoms with E-state index in [1.807, 2.05) is 21.0 Å². The fraction of sp³-hybridized carbons (Fsp3) is 0.688. The van der Waals surface area contributed by atoms with E-state index in [2.05, 4.69) is 19.9 Å². The summed E-state index contributed by atoms with van der Waals surface area (Å²) >= 11 is 0. The summed E-state index contributed by atoms with van der Waals surface area (Å²) in [7, 11) is 3.63. The molecule has 1 saturated carbocycles. The summed E-state index contributed by atoms with van der Waals surface area (Å²) in [6.07, 6.45) is 8.31. The van der Waals surface area contributed by atoms with Crippen LogP contribution in [0.15, 0.2) is 22.8 Å². The first kappa shape index (κ1) is 15.0. The second-order valence-electron chi connectivity index (χ2n) is 5.56. The summed E-state index contributed by atoms with van der Waals surface area (Å²) < 4.78 is 0. The molecule has 1 aliphatic rings. The zero-order chi connectivity index (χ0) is 13.7. The van der Waals surface area contributed by atoms with E-state index in [0.29, 0.717) is 5.92 Å². The van der Waals surface area contributed by atoms with Crippen molar-refractivity contribution in [3.8, 4) is 0 Å². The molecule has 1 aliphatic carbocycles. The van der Waals surface area contributed by atoms with Gasteiger partial charge in [0.1, 0.15) is 0 Å². The van der Waals surface area contributed by atoms with E-state index in [0.717, 1.165) is 12.0 Å². The van der Waals surface area contributed by atoms with Gasteiger partial charge in [0, 0.05) is 19.7 Å². The Bertz CT molecular complexity index is 363. The van der Waals surface area contributed by atoms with Gasteiger partial charge in [-0.2, -0.15) is 0 Å². The van der Waals surface area contributed by atoms with Gasteiger partial charge in [0.2, 0.25) is 5.91 Å². The number of allylic oxidation sites excluding steroid dienone is 3. The van der Waals surface area contributed by atoms with E-state index >= 15 is 0 Å². The predicted molar refractivity (Wildman–Crippen MR) is 77.4 cm³/mol. The molecule has 1 fully saturated rings. The number of hydrogen-bond donors (Lipinski definition) is 0. The molecule has 2 heteroatoms. The summed E-state index contributed by atoms with van der Waals surface area (Å²) in [6, 6.07) is 0. The van der Waals surface area contributed by atoms with E-state index in [1.54, 1.807) is 10.5 Å². The maximum Gasteiger partial charge on any atom is 0.248 e. The standard InChI is InChI=1S/C16H27NO/c1-6-12(2)15-10-8-7-9-14(15)11-13(3)16(18)17(4)5/h11,14H,6-10H2,1-5H3/b13-11+,15-12+. The van der Waals surface area contributed by atoms with Gasteiger partial charge in [0.15, 0.2) is 0 Å². The average molecular weight is 249 g/mol. The number of hydrogen-bond acceptors (Lipinski definition) is 1. The summed E-state index contributed by atoms with van der Waals surface area (Å²) in [6.45, 7) is 6.40. The van der Waals surface area contributed by atoms with Crippen LogP contribution in [0.5, 0.6) is 0 Å². The molecule has 1 atom stereocenters. The zero-order valence-corrected chi connectivity index (χ0v) is 12.5. The van der Waals surface area contributed by atoms with Gasteiger partial charge in [-0.05, 0) is 45.4 Å². The lowest BCUT2D eigenvalue weighted by atomic mass is 9.80. The third-order valence-electron chi connectivity index (χ3n) is 3.93. The minimum atomic E-state index is 0.133. The third-order valence-corrected chi connectivity index (χ3v) is 3.93. The van der Waals surface area contributed by atoms with Gasteiger partial charge in [-0.15, -0.1) is 0 Å². The Labute approximate surface area is 112 Å². The predicted octanol–water partition coefficient (Wildman–Crippen LogP) is 3.94. The Hall–Kier alpha value is -1.05. The molecule has 2 nitrogen and oxygen atoms in total. The molecule has 0 aliphatic heterocycles. The Morgan fingerprint density at radius 1 is 1.33 bits per heavy atom. The van der Waals surface area contributed by atoms with Crippen LogP contribution < -0.4 is 0 Å². The third kappa shape index (κ3) is 3.72. The minimum Gasteiger partial charge on any atom is -0.345 e. The SMILES string of the molecule is CC/C(C)=C1\CCCCC1/C=C(\C)C(=O)N(C)C. The zero-order valence-electron chi connectivity index (χ0n) is 12.5. The molecule has 0 aromatic heterocycles. The number of carbonyl (C=O) groups excluding carboxylic acids is 1. The van der Waals surface area contributed by atoms with E-state index in [-0.39, 0.29) is 5.91 Å². The smallest absolute Gasteiger partial charge is 0.248 e. The second-order valence-corrected chi connectivity index (χ2v) is 5.56. The molecule has 0 heterocycles. The number of carbonyl (C=O) groups is 1. The van der Waals surface area contributed by atoms with Gasteiger partial charge in [-0.25, -0.2) is 0 Å². The molecule has 102 valence electrons. The Balaban J connectivity index is 2.92. The van der Waals surface area contributed by atoms with Crippen molar-refractivity contribution in [1.82, 2.24) is 4.90 Å². The minimum absolute atomic E-state index is 0.133. The largest absolute Gasteiger partial charge is 0.345 e. The van der Waals surface area contributed by atoms with Crippen molar-refractivity contribution in [3.05, 3.63) is 22.8 Å². The molecule has 0 bridgehead atoms. The highest BCUT2D eigenvalue weighted by Gasteiger charge is 2.20. The highest BCUT2D eigenvalue weighted by atomic mass is 16.2. The number of rotatable bonds is 3. The first-order valence-corrected chi connectivity index (χ1v) is 7.06. The monoisotopic (exact) mass is 249 g/mol. The Kier molecular flexibility index (Phi) is 5.64. The molecule has 0 aromatic rings. The topological polar surface area (TPSA) is 20.3 Å². The van der Waals surface area contributed by atoms with Crippen LogP contribution in [-0.2, 0) is 4.79 Å². The second kappa shape index (κ2) is 6.77. The highest BCUT2D eigenvalue weighted by molar-refractivity contribution is 5.92. The van der Waals surface area contributed by atoms with Gasteiger partial charge >= 0.3 is 0 Å². The Morgan fingerprint density at radius 2 is 2.00 bits per heavy atom. The van der Waals surface area contributed by atoms with E-state index < -0.39 is 0 Å². The summed E-state index contributed by atoms with van der Waals surface area (Å²) in [5.41, 5.74) is 3.98. The van der Waals surface area contributed by atoms with Crippen LogP contribution >= 0.6 is 0 Å².